The molecule has 7 heteroatoms. The molecule has 25 heavy (non-hydrogen) atoms. The summed E-state index contributed by atoms with van der Waals surface area (Å²) in [6.45, 7) is 0.772. The minimum Gasteiger partial charge on any atom is -0.488 e. The Labute approximate surface area is 142 Å². The van der Waals surface area contributed by atoms with Crippen LogP contribution in [0.3, 0.4) is 0 Å². The van der Waals surface area contributed by atoms with Crippen LogP contribution in [-0.2, 0) is 4.74 Å². The van der Waals surface area contributed by atoms with E-state index < -0.39 is 29.5 Å². The van der Waals surface area contributed by atoms with Gasteiger partial charge in [-0.05, 0) is 24.3 Å². The third-order valence-electron chi connectivity index (χ3n) is 3.85. The van der Waals surface area contributed by atoms with Gasteiger partial charge in [0.15, 0.2) is 11.6 Å². The number of ether oxygens (including phenoxy) is 2. The van der Waals surface area contributed by atoms with Crippen LogP contribution in [0.5, 0.6) is 5.75 Å². The number of benzene rings is 2. The van der Waals surface area contributed by atoms with E-state index in [0.29, 0.717) is 6.54 Å². The average Bonchev–Trinajstić information content (AvgIpc) is 2.61. The van der Waals surface area contributed by atoms with Crippen molar-refractivity contribution in [2.75, 3.05) is 26.3 Å². The number of carbonyl (C=O) groups is 1. The maximum absolute atomic E-state index is 13.8. The Morgan fingerprint density at radius 1 is 1.16 bits per heavy atom. The Morgan fingerprint density at radius 2 is 1.96 bits per heavy atom. The van der Waals surface area contributed by atoms with Crippen molar-refractivity contribution in [1.29, 1.82) is 0 Å². The fourth-order valence-corrected chi connectivity index (χ4v) is 2.58. The lowest BCUT2D eigenvalue weighted by Gasteiger charge is -2.33. The quantitative estimate of drug-likeness (QED) is 0.850. The molecule has 0 radical (unpaired) electrons. The molecule has 2 aromatic rings. The first-order valence-electron chi connectivity index (χ1n) is 7.78. The van der Waals surface area contributed by atoms with Crippen molar-refractivity contribution in [2.24, 2.45) is 0 Å². The molecule has 2 aromatic carbocycles. The molecule has 1 saturated heterocycles. The molecule has 0 aromatic heterocycles. The van der Waals surface area contributed by atoms with Crippen molar-refractivity contribution in [1.82, 2.24) is 4.90 Å². The largest absolute Gasteiger partial charge is 0.488 e. The summed E-state index contributed by atoms with van der Waals surface area (Å²) < 4.78 is 51.0. The van der Waals surface area contributed by atoms with E-state index in [1.165, 1.54) is 29.2 Å². The van der Waals surface area contributed by atoms with Gasteiger partial charge in [-0.25, -0.2) is 13.2 Å². The van der Waals surface area contributed by atoms with E-state index in [1.807, 2.05) is 0 Å². The molecule has 0 aliphatic carbocycles. The molecule has 1 aliphatic heterocycles. The van der Waals surface area contributed by atoms with Crippen molar-refractivity contribution >= 4 is 5.91 Å². The molecule has 0 bridgehead atoms. The molecule has 0 N–H and O–H groups in total. The number of amides is 1. The first-order valence-corrected chi connectivity index (χ1v) is 7.78. The third kappa shape index (κ3) is 4.11. The molecule has 1 aliphatic rings. The van der Waals surface area contributed by atoms with Crippen LogP contribution in [0.15, 0.2) is 42.5 Å². The molecule has 1 atom stereocenters. The van der Waals surface area contributed by atoms with E-state index in [9.17, 15) is 18.0 Å². The zero-order chi connectivity index (χ0) is 17.8. The third-order valence-corrected chi connectivity index (χ3v) is 3.85. The van der Waals surface area contributed by atoms with Crippen molar-refractivity contribution in [3.8, 4) is 5.75 Å². The number of halogens is 3. The van der Waals surface area contributed by atoms with Crippen LogP contribution in [0, 0.1) is 17.5 Å². The van der Waals surface area contributed by atoms with Crippen LogP contribution in [0.1, 0.15) is 10.4 Å². The first-order chi connectivity index (χ1) is 12.0. The summed E-state index contributed by atoms with van der Waals surface area (Å²) in [5.41, 5.74) is -0.00588. The molecule has 3 rings (SSSR count). The Bertz CT molecular complexity index is 769. The number of nitrogens with zero attached hydrogens (tertiary/aromatic N) is 1. The maximum atomic E-state index is 13.8. The minimum absolute atomic E-state index is 0.00588. The number of carbonyl (C=O) groups excluding carboxylic acids is 1. The van der Waals surface area contributed by atoms with Crippen LogP contribution >= 0.6 is 0 Å². The zero-order valence-corrected chi connectivity index (χ0v) is 13.3. The van der Waals surface area contributed by atoms with E-state index >= 15 is 0 Å². The Hall–Kier alpha value is -2.54. The molecule has 0 unspecified atom stereocenters. The van der Waals surface area contributed by atoms with Crippen molar-refractivity contribution in [3.05, 3.63) is 65.5 Å². The summed E-state index contributed by atoms with van der Waals surface area (Å²) in [6, 6.07) is 8.76. The average molecular weight is 351 g/mol. The molecule has 4 nitrogen and oxygen atoms in total. The normalized spacial score (nSPS) is 17.4. The molecule has 1 fully saturated rings. The number of morpholine rings is 1. The minimum atomic E-state index is -0.810. The molecule has 0 saturated carbocycles. The van der Waals surface area contributed by atoms with Crippen LogP contribution in [0.25, 0.3) is 0 Å². The molecule has 132 valence electrons. The second-order valence-electron chi connectivity index (χ2n) is 5.61. The second kappa shape index (κ2) is 7.57. The van der Waals surface area contributed by atoms with E-state index in [0.717, 1.165) is 12.1 Å². The van der Waals surface area contributed by atoms with E-state index in [2.05, 4.69) is 0 Å². The smallest absolute Gasteiger partial charge is 0.256 e. The Morgan fingerprint density at radius 3 is 2.72 bits per heavy atom. The van der Waals surface area contributed by atoms with Gasteiger partial charge >= 0.3 is 0 Å². The van der Waals surface area contributed by atoms with Crippen LogP contribution < -0.4 is 4.74 Å². The van der Waals surface area contributed by atoms with Crippen LogP contribution in [0.4, 0.5) is 13.2 Å². The molecule has 1 heterocycles. The van der Waals surface area contributed by atoms with Gasteiger partial charge in [-0.2, -0.15) is 0 Å². The summed E-state index contributed by atoms with van der Waals surface area (Å²) in [5, 5.41) is 0. The molecule has 0 spiro atoms. The number of hydrogen-bond acceptors (Lipinski definition) is 3. The highest BCUT2D eigenvalue weighted by Gasteiger charge is 2.27. The van der Waals surface area contributed by atoms with Gasteiger partial charge in [0.25, 0.3) is 5.91 Å². The topological polar surface area (TPSA) is 38.8 Å². The van der Waals surface area contributed by atoms with E-state index in [1.54, 1.807) is 6.07 Å². The molecular formula is C18H16F3NO3. The van der Waals surface area contributed by atoms with Gasteiger partial charge in [-0.3, -0.25) is 4.79 Å². The van der Waals surface area contributed by atoms with Gasteiger partial charge in [0.05, 0.1) is 18.7 Å². The van der Waals surface area contributed by atoms with Crippen molar-refractivity contribution in [3.63, 3.8) is 0 Å². The van der Waals surface area contributed by atoms with Crippen LogP contribution in [0.2, 0.25) is 0 Å². The fourth-order valence-electron chi connectivity index (χ4n) is 2.58. The highest BCUT2D eigenvalue weighted by atomic mass is 19.1. The molecule has 1 amide bonds. The monoisotopic (exact) mass is 351 g/mol. The standard InChI is InChI=1S/C18H16F3NO3/c19-12-5-6-17(16(21)9-12)25-11-13-10-22(7-8-24-13)18(23)14-3-1-2-4-15(14)20/h1-6,9,13H,7-8,10-11H2/t13-/m1/s1. The summed E-state index contributed by atoms with van der Waals surface area (Å²) in [7, 11) is 0. The number of rotatable bonds is 4. The Balaban J connectivity index is 1.61. The highest BCUT2D eigenvalue weighted by molar-refractivity contribution is 5.94. The van der Waals surface area contributed by atoms with Gasteiger partial charge in [0, 0.05) is 12.6 Å². The van der Waals surface area contributed by atoms with Gasteiger partial charge in [0.2, 0.25) is 0 Å². The van der Waals surface area contributed by atoms with E-state index in [-0.39, 0.29) is 31.1 Å². The van der Waals surface area contributed by atoms with Gasteiger partial charge < -0.3 is 14.4 Å². The second-order valence-corrected chi connectivity index (χ2v) is 5.61. The predicted molar refractivity (Wildman–Crippen MR) is 83.9 cm³/mol. The maximum Gasteiger partial charge on any atom is 0.256 e. The number of hydrogen-bond donors (Lipinski definition) is 0. The zero-order valence-electron chi connectivity index (χ0n) is 13.3. The van der Waals surface area contributed by atoms with Gasteiger partial charge in [-0.15, -0.1) is 0 Å². The fraction of sp³-hybridized carbons (Fsp3) is 0.278. The van der Waals surface area contributed by atoms with Crippen molar-refractivity contribution in [2.45, 2.75) is 6.10 Å². The van der Waals surface area contributed by atoms with Gasteiger partial charge in [-0.1, -0.05) is 12.1 Å². The summed E-state index contributed by atoms with van der Waals surface area (Å²) in [4.78, 5) is 13.9. The summed E-state index contributed by atoms with van der Waals surface area (Å²) in [6.07, 6.45) is -0.492. The SMILES string of the molecule is O=C(c1ccccc1F)N1CCO[C@@H](COc2ccc(F)cc2F)C1. The van der Waals surface area contributed by atoms with Gasteiger partial charge in [0.1, 0.15) is 24.3 Å². The lowest BCUT2D eigenvalue weighted by atomic mass is 10.1. The van der Waals surface area contributed by atoms with E-state index in [4.69, 9.17) is 9.47 Å². The van der Waals surface area contributed by atoms with Crippen LogP contribution in [-0.4, -0.2) is 43.2 Å². The Kier molecular flexibility index (Phi) is 5.23. The lowest BCUT2D eigenvalue weighted by Crippen LogP contribution is -2.47. The first kappa shape index (κ1) is 17.3. The van der Waals surface area contributed by atoms with Crippen molar-refractivity contribution < 1.29 is 27.4 Å². The molecular weight excluding hydrogens is 335 g/mol. The summed E-state index contributed by atoms with van der Waals surface area (Å²) in [5.74, 6) is -2.61. The lowest BCUT2D eigenvalue weighted by molar-refractivity contribution is -0.0406. The summed E-state index contributed by atoms with van der Waals surface area (Å²) >= 11 is 0. The predicted octanol–water partition coefficient (Wildman–Crippen LogP) is 3.02. The highest BCUT2D eigenvalue weighted by Crippen LogP contribution is 2.19.